The number of rotatable bonds is 0. The van der Waals surface area contributed by atoms with Crippen LogP contribution in [0.4, 0.5) is 0 Å². The van der Waals surface area contributed by atoms with E-state index < -0.39 is 41.6 Å². The van der Waals surface area contributed by atoms with Crippen molar-refractivity contribution in [2.75, 3.05) is 0 Å². The molecule has 0 atom stereocenters. The molecule has 0 unspecified atom stereocenters. The van der Waals surface area contributed by atoms with Crippen LogP contribution in [0.2, 0.25) is 5.02 Å². The Labute approximate surface area is 63.9 Å². The molecule has 0 radical (unpaired) electrons. The van der Waals surface area contributed by atoms with Crippen molar-refractivity contribution < 1.29 is 9.60 Å². The van der Waals surface area contributed by atoms with Crippen molar-refractivity contribution >= 4 is 11.6 Å². The molecule has 0 N–H and O–H groups in total. The Kier molecular flexibility index (Phi) is 0.413. The van der Waals surface area contributed by atoms with Gasteiger partial charge in [-0.15, -0.1) is 0 Å². The fourth-order valence-corrected chi connectivity index (χ4v) is 0.463. The van der Waals surface area contributed by atoms with Gasteiger partial charge in [0.15, 0.2) is 0 Å². The average molecular weight is 134 g/mol. The number of halogens is 1. The Bertz CT molecular complexity index is 380. The second kappa shape index (κ2) is 2.19. The van der Waals surface area contributed by atoms with Gasteiger partial charge < -0.3 is 0 Å². The van der Waals surface area contributed by atoms with Gasteiger partial charge in [-0.05, 0) is 24.5 Å². The van der Waals surface area contributed by atoms with Crippen molar-refractivity contribution in [2.45, 2.75) is 6.85 Å². The van der Waals surface area contributed by atoms with E-state index in [1.807, 2.05) is 0 Å². The molecule has 1 aromatic carbocycles. The standard InChI is InChI=1S/C7H7Cl/c1-6-3-2-4-7(8)5-6/h2-5H,1H3/i1D3,2D,3D,4D,5D. The van der Waals surface area contributed by atoms with Crippen molar-refractivity contribution in [2.24, 2.45) is 0 Å². The minimum absolute atomic E-state index is 0.401. The second-order valence-corrected chi connectivity index (χ2v) is 1.57. The molecule has 1 aromatic rings. The number of benzene rings is 1. The minimum Gasteiger partial charge on any atom is -0.0843 e. The van der Waals surface area contributed by atoms with E-state index >= 15 is 0 Å². The van der Waals surface area contributed by atoms with E-state index in [1.165, 1.54) is 0 Å². The molecule has 0 fully saturated rings. The summed E-state index contributed by atoms with van der Waals surface area (Å²) in [6.07, 6.45) is 0. The topological polar surface area (TPSA) is 0 Å². The molecule has 0 nitrogen and oxygen atoms in total. The van der Waals surface area contributed by atoms with Crippen molar-refractivity contribution in [3.63, 3.8) is 0 Å². The van der Waals surface area contributed by atoms with Crippen LogP contribution in [0.3, 0.4) is 0 Å². The third-order valence-corrected chi connectivity index (χ3v) is 0.783. The van der Waals surface area contributed by atoms with Crippen LogP contribution in [0.1, 0.15) is 15.2 Å². The molecule has 0 aliphatic heterocycles. The predicted octanol–water partition coefficient (Wildman–Crippen LogP) is 2.65. The first-order valence-electron chi connectivity index (χ1n) is 5.44. The van der Waals surface area contributed by atoms with Gasteiger partial charge in [0, 0.05) is 9.13 Å². The summed E-state index contributed by atoms with van der Waals surface area (Å²) in [5.41, 5.74) is -0.575. The van der Waals surface area contributed by atoms with E-state index in [0.717, 1.165) is 0 Å². The van der Waals surface area contributed by atoms with Crippen molar-refractivity contribution in [1.29, 1.82) is 0 Å². The van der Waals surface area contributed by atoms with Gasteiger partial charge in [-0.1, -0.05) is 23.7 Å². The molecule has 0 aliphatic rings. The predicted molar refractivity (Wildman–Crippen MR) is 36.2 cm³/mol. The molecule has 0 heterocycles. The van der Waals surface area contributed by atoms with Crippen LogP contribution in [-0.4, -0.2) is 0 Å². The maximum atomic E-state index is 7.41. The molecule has 1 rings (SSSR count). The first-order valence-corrected chi connectivity index (χ1v) is 2.32. The lowest BCUT2D eigenvalue weighted by molar-refractivity contribution is 1.47. The molecule has 0 aromatic heterocycles. The quantitative estimate of drug-likeness (QED) is 0.511. The maximum Gasteiger partial charge on any atom is 0.0641 e. The third-order valence-electron chi connectivity index (χ3n) is 0.594. The summed E-state index contributed by atoms with van der Waals surface area (Å²) < 4.78 is 50.7. The van der Waals surface area contributed by atoms with Crippen LogP contribution in [0.25, 0.3) is 0 Å². The van der Waals surface area contributed by atoms with Gasteiger partial charge in [-0.25, -0.2) is 0 Å². The van der Waals surface area contributed by atoms with Gasteiger partial charge in [0.05, 0.1) is 5.48 Å². The molecular weight excluding hydrogens is 120 g/mol. The highest BCUT2D eigenvalue weighted by Gasteiger charge is 1.82. The summed E-state index contributed by atoms with van der Waals surface area (Å²) in [5, 5.41) is -0.401. The highest BCUT2D eigenvalue weighted by atomic mass is 35.5. The SMILES string of the molecule is [2H]c1c([2H])c(Cl)c([2H])c(C([2H])([2H])[2H])c1[2H]. The maximum absolute atomic E-state index is 7.41. The highest BCUT2D eigenvalue weighted by Crippen LogP contribution is 2.08. The summed E-state index contributed by atoms with van der Waals surface area (Å²) in [5.74, 6) is 0. The summed E-state index contributed by atoms with van der Waals surface area (Å²) >= 11 is 5.54. The van der Waals surface area contributed by atoms with E-state index in [0.29, 0.717) is 0 Å². The van der Waals surface area contributed by atoms with Gasteiger partial charge >= 0.3 is 0 Å². The van der Waals surface area contributed by atoms with Gasteiger partial charge in [0.1, 0.15) is 0 Å². The van der Waals surface area contributed by atoms with Crippen molar-refractivity contribution in [1.82, 2.24) is 0 Å². The minimum atomic E-state index is -2.67. The zero-order chi connectivity index (χ0) is 12.0. The van der Waals surface area contributed by atoms with E-state index in [1.54, 1.807) is 0 Å². The summed E-state index contributed by atoms with van der Waals surface area (Å²) in [6, 6.07) is -2.25. The van der Waals surface area contributed by atoms with Gasteiger partial charge in [0.25, 0.3) is 0 Å². The van der Waals surface area contributed by atoms with E-state index in [9.17, 15) is 0 Å². The third kappa shape index (κ3) is 1.24. The summed E-state index contributed by atoms with van der Waals surface area (Å²) in [4.78, 5) is 0. The Morgan fingerprint density at radius 2 is 2.62 bits per heavy atom. The fourth-order valence-electron chi connectivity index (χ4n) is 0.321. The lowest BCUT2D eigenvalue weighted by Gasteiger charge is -1.88. The lowest BCUT2D eigenvalue weighted by atomic mass is 10.2. The average Bonchev–Trinajstić information content (AvgIpc) is 2.09. The normalized spacial score (nSPS) is 23.4. The van der Waals surface area contributed by atoms with Gasteiger partial charge in [-0.2, -0.15) is 0 Å². The van der Waals surface area contributed by atoms with Crippen LogP contribution in [0.15, 0.2) is 24.2 Å². The monoisotopic (exact) mass is 133 g/mol. The van der Waals surface area contributed by atoms with E-state index in [-0.39, 0.29) is 0 Å². The molecule has 42 valence electrons. The van der Waals surface area contributed by atoms with Crippen LogP contribution in [0, 0.1) is 6.85 Å². The van der Waals surface area contributed by atoms with Crippen LogP contribution >= 0.6 is 11.6 Å². The van der Waals surface area contributed by atoms with Crippen LogP contribution < -0.4 is 0 Å². The molecule has 8 heavy (non-hydrogen) atoms. The first-order chi connectivity index (χ1) is 6.68. The largest absolute Gasteiger partial charge is 0.0843 e. The Morgan fingerprint density at radius 3 is 3.38 bits per heavy atom. The van der Waals surface area contributed by atoms with Gasteiger partial charge in [0.2, 0.25) is 0 Å². The summed E-state index contributed by atoms with van der Waals surface area (Å²) in [6.45, 7) is -2.67. The van der Waals surface area contributed by atoms with Crippen molar-refractivity contribution in [3.05, 3.63) is 34.8 Å². The van der Waals surface area contributed by atoms with Crippen LogP contribution in [0.5, 0.6) is 0 Å². The Hall–Kier alpha value is -0.490. The molecule has 0 saturated heterocycles. The lowest BCUT2D eigenvalue weighted by Crippen LogP contribution is -1.66. The molecule has 0 aliphatic carbocycles. The zero-order valence-corrected chi connectivity index (χ0v) is 4.63. The summed E-state index contributed by atoms with van der Waals surface area (Å²) in [7, 11) is 0. The second-order valence-electron chi connectivity index (χ2n) is 1.19. The van der Waals surface area contributed by atoms with E-state index in [4.69, 9.17) is 21.2 Å². The molecule has 0 amide bonds. The molecule has 0 saturated carbocycles. The Balaban J connectivity index is 3.68. The van der Waals surface area contributed by atoms with Crippen molar-refractivity contribution in [3.8, 4) is 0 Å². The smallest absolute Gasteiger partial charge is 0.0641 e. The number of hydrogen-bond donors (Lipinski definition) is 0. The molecular formula is C7H7Cl. The Morgan fingerprint density at radius 1 is 1.75 bits per heavy atom. The molecule has 1 heteroatoms. The van der Waals surface area contributed by atoms with E-state index in [2.05, 4.69) is 0 Å². The zero-order valence-electron chi connectivity index (χ0n) is 10.9. The fraction of sp³-hybridized carbons (Fsp3) is 0.143. The van der Waals surface area contributed by atoms with Crippen LogP contribution in [-0.2, 0) is 0 Å². The highest BCUT2D eigenvalue weighted by molar-refractivity contribution is 6.30. The molecule has 0 bridgehead atoms. The number of hydrogen-bond acceptors (Lipinski definition) is 0. The first kappa shape index (κ1) is 1.51. The molecule has 0 spiro atoms. The van der Waals surface area contributed by atoms with Gasteiger partial charge in [-0.3, -0.25) is 0 Å².